The van der Waals surface area contributed by atoms with E-state index in [4.69, 9.17) is 0 Å². The number of benzene rings is 1. The third-order valence-corrected chi connectivity index (χ3v) is 5.03. The van der Waals surface area contributed by atoms with Crippen LogP contribution in [0.25, 0.3) is 10.9 Å². The predicted octanol–water partition coefficient (Wildman–Crippen LogP) is 1.66. The molecule has 0 saturated carbocycles. The van der Waals surface area contributed by atoms with Gasteiger partial charge >= 0.3 is 0 Å². The highest BCUT2D eigenvalue weighted by atomic mass is 79.9. The van der Waals surface area contributed by atoms with E-state index >= 15 is 0 Å². The number of rotatable bonds is 4. The van der Waals surface area contributed by atoms with Gasteiger partial charge in [-0.2, -0.15) is 0 Å². The van der Waals surface area contributed by atoms with Gasteiger partial charge in [0.2, 0.25) is 5.91 Å². The second-order valence-electron chi connectivity index (χ2n) is 6.30. The summed E-state index contributed by atoms with van der Waals surface area (Å²) < 4.78 is 2.33. The Kier molecular flexibility index (Phi) is 5.30. The van der Waals surface area contributed by atoms with Crippen molar-refractivity contribution in [2.24, 2.45) is 5.92 Å². The van der Waals surface area contributed by atoms with Crippen molar-refractivity contribution >= 4 is 32.7 Å². The summed E-state index contributed by atoms with van der Waals surface area (Å²) in [5, 5.41) is 6.91. The summed E-state index contributed by atoms with van der Waals surface area (Å²) in [6, 6.07) is 5.58. The van der Waals surface area contributed by atoms with Crippen LogP contribution in [0.15, 0.2) is 33.8 Å². The van der Waals surface area contributed by atoms with Crippen molar-refractivity contribution in [1.82, 2.24) is 20.2 Å². The van der Waals surface area contributed by atoms with Gasteiger partial charge in [0.05, 0.1) is 17.2 Å². The van der Waals surface area contributed by atoms with Gasteiger partial charge in [-0.25, -0.2) is 4.98 Å². The number of nitrogens with zero attached hydrogens (tertiary/aromatic N) is 2. The monoisotopic (exact) mass is 392 g/mol. The average Bonchev–Trinajstić information content (AvgIpc) is 2.57. The minimum atomic E-state index is -0.123. The molecule has 7 heteroatoms. The highest BCUT2D eigenvalue weighted by Gasteiger charge is 2.22. The van der Waals surface area contributed by atoms with Gasteiger partial charge in [0.15, 0.2) is 0 Å². The van der Waals surface area contributed by atoms with Crippen molar-refractivity contribution in [1.29, 1.82) is 0 Å². The number of amides is 1. The van der Waals surface area contributed by atoms with E-state index in [1.807, 2.05) is 6.07 Å². The second-order valence-corrected chi connectivity index (χ2v) is 7.21. The van der Waals surface area contributed by atoms with E-state index in [-0.39, 0.29) is 23.9 Å². The van der Waals surface area contributed by atoms with E-state index in [2.05, 4.69) is 38.5 Å². The molecular formula is C17H21BrN4O2. The number of aryl methyl sites for hydroxylation is 1. The maximum absolute atomic E-state index is 12.5. The molecular weight excluding hydrogens is 372 g/mol. The molecule has 1 aliphatic heterocycles. The quantitative estimate of drug-likeness (QED) is 0.829. The molecule has 0 bridgehead atoms. The third kappa shape index (κ3) is 3.84. The number of aromatic nitrogens is 2. The Morgan fingerprint density at radius 1 is 1.50 bits per heavy atom. The zero-order chi connectivity index (χ0) is 17.1. The molecule has 2 heterocycles. The Balaban J connectivity index is 1.66. The fraction of sp³-hybridized carbons (Fsp3) is 0.471. The van der Waals surface area contributed by atoms with Crippen LogP contribution in [0.5, 0.6) is 0 Å². The summed E-state index contributed by atoms with van der Waals surface area (Å²) in [5.41, 5.74) is 0.535. The normalized spacial score (nSPS) is 20.9. The molecule has 1 fully saturated rings. The Hall–Kier alpha value is -1.73. The number of piperidine rings is 1. The number of hydrogen-bond acceptors (Lipinski definition) is 4. The van der Waals surface area contributed by atoms with Crippen LogP contribution in [-0.2, 0) is 11.3 Å². The molecule has 128 valence electrons. The summed E-state index contributed by atoms with van der Waals surface area (Å²) >= 11 is 3.37. The molecule has 1 aromatic heterocycles. The van der Waals surface area contributed by atoms with Crippen molar-refractivity contribution in [3.63, 3.8) is 0 Å². The van der Waals surface area contributed by atoms with Crippen molar-refractivity contribution in [3.05, 3.63) is 39.4 Å². The molecule has 2 N–H and O–H groups in total. The molecule has 0 spiro atoms. The fourth-order valence-electron chi connectivity index (χ4n) is 2.97. The van der Waals surface area contributed by atoms with Crippen LogP contribution in [0.2, 0.25) is 0 Å². The molecule has 2 atom stereocenters. The van der Waals surface area contributed by atoms with E-state index in [0.717, 1.165) is 24.0 Å². The summed E-state index contributed by atoms with van der Waals surface area (Å²) in [7, 11) is 0. The van der Waals surface area contributed by atoms with Crippen molar-refractivity contribution < 1.29 is 4.79 Å². The van der Waals surface area contributed by atoms with Crippen molar-refractivity contribution in [2.75, 3.05) is 13.1 Å². The SMILES string of the molecule is CC1CCNCC1NC(=O)CCn1cnc2ccc(Br)cc2c1=O. The number of carbonyl (C=O) groups is 1. The number of fused-ring (bicyclic) bond motifs is 1. The Labute approximate surface area is 148 Å². The van der Waals surface area contributed by atoms with Gasteiger partial charge in [0, 0.05) is 30.0 Å². The predicted molar refractivity (Wildman–Crippen MR) is 96.9 cm³/mol. The van der Waals surface area contributed by atoms with Gasteiger partial charge in [-0.1, -0.05) is 22.9 Å². The summed E-state index contributed by atoms with van der Waals surface area (Å²) in [4.78, 5) is 29.0. The maximum atomic E-state index is 12.5. The summed E-state index contributed by atoms with van der Waals surface area (Å²) in [5.74, 6) is 0.439. The molecule has 2 aromatic rings. The van der Waals surface area contributed by atoms with E-state index in [1.165, 1.54) is 10.9 Å². The zero-order valence-corrected chi connectivity index (χ0v) is 15.2. The number of nitrogens with one attached hydrogen (secondary N) is 2. The van der Waals surface area contributed by atoms with E-state index < -0.39 is 0 Å². The molecule has 3 rings (SSSR count). The lowest BCUT2D eigenvalue weighted by Crippen LogP contribution is -2.50. The second kappa shape index (κ2) is 7.44. The van der Waals surface area contributed by atoms with E-state index in [9.17, 15) is 9.59 Å². The minimum Gasteiger partial charge on any atom is -0.352 e. The van der Waals surface area contributed by atoms with Gasteiger partial charge < -0.3 is 10.6 Å². The minimum absolute atomic E-state index is 0.0308. The third-order valence-electron chi connectivity index (χ3n) is 4.54. The first kappa shape index (κ1) is 17.1. The van der Waals surface area contributed by atoms with Crippen LogP contribution in [0.3, 0.4) is 0 Å². The summed E-state index contributed by atoms with van der Waals surface area (Å²) in [6.07, 6.45) is 2.84. The molecule has 1 amide bonds. The Morgan fingerprint density at radius 2 is 2.33 bits per heavy atom. The number of halogens is 1. The lowest BCUT2D eigenvalue weighted by Gasteiger charge is -2.30. The topological polar surface area (TPSA) is 76.0 Å². The van der Waals surface area contributed by atoms with E-state index in [0.29, 0.717) is 23.4 Å². The van der Waals surface area contributed by atoms with Crippen LogP contribution in [0.1, 0.15) is 19.8 Å². The molecule has 2 unspecified atom stereocenters. The van der Waals surface area contributed by atoms with Gasteiger partial charge in [-0.15, -0.1) is 0 Å². The fourth-order valence-corrected chi connectivity index (χ4v) is 3.34. The van der Waals surface area contributed by atoms with Gasteiger partial charge in [0.1, 0.15) is 0 Å². The smallest absolute Gasteiger partial charge is 0.261 e. The molecule has 0 radical (unpaired) electrons. The lowest BCUT2D eigenvalue weighted by atomic mass is 9.95. The first-order valence-electron chi connectivity index (χ1n) is 8.19. The van der Waals surface area contributed by atoms with Gasteiger partial charge in [0.25, 0.3) is 5.56 Å². The molecule has 1 saturated heterocycles. The van der Waals surface area contributed by atoms with Gasteiger partial charge in [-0.05, 0) is 37.1 Å². The van der Waals surface area contributed by atoms with Crippen LogP contribution in [0.4, 0.5) is 0 Å². The Morgan fingerprint density at radius 3 is 3.12 bits per heavy atom. The molecule has 0 aliphatic carbocycles. The van der Waals surface area contributed by atoms with Crippen molar-refractivity contribution in [2.45, 2.75) is 32.4 Å². The molecule has 24 heavy (non-hydrogen) atoms. The zero-order valence-electron chi connectivity index (χ0n) is 13.6. The molecule has 1 aromatic carbocycles. The molecule has 6 nitrogen and oxygen atoms in total. The van der Waals surface area contributed by atoms with E-state index in [1.54, 1.807) is 12.1 Å². The highest BCUT2D eigenvalue weighted by Crippen LogP contribution is 2.15. The largest absolute Gasteiger partial charge is 0.352 e. The van der Waals surface area contributed by atoms with Crippen LogP contribution in [-0.4, -0.2) is 34.6 Å². The van der Waals surface area contributed by atoms with Crippen LogP contribution in [0, 0.1) is 5.92 Å². The van der Waals surface area contributed by atoms with Gasteiger partial charge in [-0.3, -0.25) is 14.2 Å². The lowest BCUT2D eigenvalue weighted by molar-refractivity contribution is -0.122. The first-order chi connectivity index (χ1) is 11.5. The first-order valence-corrected chi connectivity index (χ1v) is 8.98. The average molecular weight is 393 g/mol. The number of hydrogen-bond donors (Lipinski definition) is 2. The highest BCUT2D eigenvalue weighted by molar-refractivity contribution is 9.10. The standard InChI is InChI=1S/C17H21BrN4O2/c1-11-4-6-19-9-15(11)21-16(23)5-7-22-10-20-14-3-2-12(18)8-13(14)17(22)24/h2-3,8,10-11,15,19H,4-7,9H2,1H3,(H,21,23). The summed E-state index contributed by atoms with van der Waals surface area (Å²) in [6.45, 7) is 4.29. The Bertz CT molecular complexity index is 805. The number of carbonyl (C=O) groups excluding carboxylic acids is 1. The maximum Gasteiger partial charge on any atom is 0.261 e. The molecule has 1 aliphatic rings. The van der Waals surface area contributed by atoms with Crippen molar-refractivity contribution in [3.8, 4) is 0 Å². The van der Waals surface area contributed by atoms with Crippen LogP contribution < -0.4 is 16.2 Å². The van der Waals surface area contributed by atoms with Crippen LogP contribution >= 0.6 is 15.9 Å².